The lowest BCUT2D eigenvalue weighted by molar-refractivity contribution is 0.00448. The van der Waals surface area contributed by atoms with Gasteiger partial charge in [-0.05, 0) is 38.4 Å². The summed E-state index contributed by atoms with van der Waals surface area (Å²) in [6.07, 6.45) is 3.31. The average molecular weight is 267 g/mol. The first-order chi connectivity index (χ1) is 9.15. The molecule has 1 aliphatic rings. The fourth-order valence-electron chi connectivity index (χ4n) is 2.62. The third-order valence-corrected chi connectivity index (χ3v) is 3.95. The normalized spacial score (nSPS) is 24.4. The highest BCUT2D eigenvalue weighted by Crippen LogP contribution is 2.27. The van der Waals surface area contributed by atoms with Gasteiger partial charge in [0.1, 0.15) is 6.61 Å². The third-order valence-electron chi connectivity index (χ3n) is 3.95. The number of hydrogen-bond acceptors (Lipinski definition) is 3. The molecule has 3 nitrogen and oxygen atoms in total. The molecule has 19 heavy (non-hydrogen) atoms. The molecule has 1 atom stereocenters. The molecule has 0 saturated carbocycles. The first-order valence-corrected chi connectivity index (χ1v) is 6.89. The van der Waals surface area contributed by atoms with Crippen LogP contribution in [0.4, 0.5) is 4.39 Å². The van der Waals surface area contributed by atoms with Gasteiger partial charge in [0.15, 0.2) is 11.6 Å². The summed E-state index contributed by atoms with van der Waals surface area (Å²) in [6, 6.07) is 6.44. The number of aliphatic hydroxyl groups excluding tert-OH is 1. The van der Waals surface area contributed by atoms with Gasteiger partial charge < -0.3 is 9.84 Å². The zero-order valence-electron chi connectivity index (χ0n) is 11.4. The second-order valence-electron chi connectivity index (χ2n) is 5.38. The molecule has 0 aliphatic carbocycles. The molecular formula is C15H22FNO2. The molecule has 0 bridgehead atoms. The van der Waals surface area contributed by atoms with Gasteiger partial charge in [0.05, 0.1) is 6.61 Å². The van der Waals surface area contributed by atoms with Crippen molar-refractivity contribution in [1.82, 2.24) is 4.90 Å². The number of ether oxygens (including phenoxy) is 1. The number of hydrogen-bond donors (Lipinski definition) is 1. The van der Waals surface area contributed by atoms with E-state index >= 15 is 0 Å². The van der Waals surface area contributed by atoms with Crippen molar-refractivity contribution in [1.29, 1.82) is 0 Å². The van der Waals surface area contributed by atoms with Gasteiger partial charge in [-0.2, -0.15) is 0 Å². The average Bonchev–Trinajstić information content (AvgIpc) is 2.43. The SMILES string of the molecule is CC1(CO)CCCCN1CCOc1ccccc1F. The molecule has 1 aromatic carbocycles. The van der Waals surface area contributed by atoms with E-state index in [1.807, 2.05) is 0 Å². The number of aliphatic hydroxyl groups is 1. The maximum Gasteiger partial charge on any atom is 0.165 e. The van der Waals surface area contributed by atoms with Crippen LogP contribution in [0.1, 0.15) is 26.2 Å². The summed E-state index contributed by atoms with van der Waals surface area (Å²) in [7, 11) is 0. The van der Waals surface area contributed by atoms with Crippen LogP contribution < -0.4 is 4.74 Å². The highest BCUT2D eigenvalue weighted by molar-refractivity contribution is 5.23. The quantitative estimate of drug-likeness (QED) is 0.889. The maximum atomic E-state index is 13.4. The van der Waals surface area contributed by atoms with Crippen LogP contribution in [0.15, 0.2) is 24.3 Å². The van der Waals surface area contributed by atoms with Crippen molar-refractivity contribution in [3.8, 4) is 5.75 Å². The summed E-state index contributed by atoms with van der Waals surface area (Å²) in [4.78, 5) is 2.25. The van der Waals surface area contributed by atoms with Crippen LogP contribution in [0.2, 0.25) is 0 Å². The van der Waals surface area contributed by atoms with Gasteiger partial charge >= 0.3 is 0 Å². The first kappa shape index (κ1) is 14.3. The molecule has 1 aliphatic heterocycles. The Morgan fingerprint density at radius 1 is 1.37 bits per heavy atom. The van der Waals surface area contributed by atoms with Crippen LogP contribution >= 0.6 is 0 Å². The summed E-state index contributed by atoms with van der Waals surface area (Å²) in [5.74, 6) is -0.0312. The zero-order chi connectivity index (χ0) is 13.7. The summed E-state index contributed by atoms with van der Waals surface area (Å²) in [6.45, 7) is 4.36. The highest BCUT2D eigenvalue weighted by Gasteiger charge is 2.33. The Morgan fingerprint density at radius 3 is 2.89 bits per heavy atom. The summed E-state index contributed by atoms with van der Waals surface area (Å²) < 4.78 is 18.9. The van der Waals surface area contributed by atoms with E-state index in [-0.39, 0.29) is 18.0 Å². The maximum absolute atomic E-state index is 13.4. The minimum Gasteiger partial charge on any atom is -0.489 e. The van der Waals surface area contributed by atoms with Gasteiger partial charge in [-0.3, -0.25) is 4.90 Å². The predicted molar refractivity (Wildman–Crippen MR) is 72.8 cm³/mol. The minimum absolute atomic E-state index is 0.156. The van der Waals surface area contributed by atoms with Gasteiger partial charge in [-0.15, -0.1) is 0 Å². The molecule has 2 rings (SSSR count). The third kappa shape index (κ3) is 3.45. The van der Waals surface area contributed by atoms with Crippen LogP contribution in [-0.4, -0.2) is 41.8 Å². The number of likely N-dealkylation sites (tertiary alicyclic amines) is 1. The molecule has 1 saturated heterocycles. The molecular weight excluding hydrogens is 245 g/mol. The van der Waals surface area contributed by atoms with Crippen LogP contribution in [0.5, 0.6) is 5.75 Å². The van der Waals surface area contributed by atoms with Crippen molar-refractivity contribution in [3.63, 3.8) is 0 Å². The predicted octanol–water partition coefficient (Wildman–Crippen LogP) is 2.44. The van der Waals surface area contributed by atoms with E-state index in [4.69, 9.17) is 4.74 Å². The molecule has 1 N–H and O–H groups in total. The molecule has 106 valence electrons. The Morgan fingerprint density at radius 2 is 2.16 bits per heavy atom. The Labute approximate surface area is 114 Å². The van der Waals surface area contributed by atoms with Gasteiger partial charge in [0.2, 0.25) is 0 Å². The number of benzene rings is 1. The summed E-state index contributed by atoms with van der Waals surface area (Å²) >= 11 is 0. The van der Waals surface area contributed by atoms with Crippen molar-refractivity contribution in [3.05, 3.63) is 30.1 Å². The van der Waals surface area contributed by atoms with Crippen LogP contribution in [0.3, 0.4) is 0 Å². The van der Waals surface area contributed by atoms with Crippen molar-refractivity contribution < 1.29 is 14.2 Å². The van der Waals surface area contributed by atoms with E-state index in [1.165, 1.54) is 6.07 Å². The Balaban J connectivity index is 1.86. The fraction of sp³-hybridized carbons (Fsp3) is 0.600. The number of rotatable bonds is 5. The monoisotopic (exact) mass is 267 g/mol. The molecule has 1 unspecified atom stereocenters. The summed E-state index contributed by atoms with van der Waals surface area (Å²) in [5, 5.41) is 9.54. The van der Waals surface area contributed by atoms with E-state index in [1.54, 1.807) is 18.2 Å². The second-order valence-corrected chi connectivity index (χ2v) is 5.38. The van der Waals surface area contributed by atoms with Crippen LogP contribution in [0.25, 0.3) is 0 Å². The van der Waals surface area contributed by atoms with Gasteiger partial charge in [-0.1, -0.05) is 18.6 Å². The van der Waals surface area contributed by atoms with Crippen molar-refractivity contribution in [2.75, 3.05) is 26.3 Å². The highest BCUT2D eigenvalue weighted by atomic mass is 19.1. The molecule has 0 aromatic heterocycles. The molecule has 1 fully saturated rings. The van der Waals surface area contributed by atoms with Gasteiger partial charge in [-0.25, -0.2) is 4.39 Å². The zero-order valence-corrected chi connectivity index (χ0v) is 11.4. The minimum atomic E-state index is -0.328. The Bertz CT molecular complexity index is 413. The lowest BCUT2D eigenvalue weighted by Crippen LogP contribution is -2.53. The van der Waals surface area contributed by atoms with E-state index in [0.717, 1.165) is 25.8 Å². The lowest BCUT2D eigenvalue weighted by Gasteiger charge is -2.43. The number of para-hydroxylation sites is 1. The molecule has 1 aromatic rings. The van der Waals surface area contributed by atoms with E-state index in [2.05, 4.69) is 11.8 Å². The Kier molecular flexibility index (Phi) is 4.77. The first-order valence-electron chi connectivity index (χ1n) is 6.89. The van der Waals surface area contributed by atoms with Crippen molar-refractivity contribution in [2.24, 2.45) is 0 Å². The molecule has 0 amide bonds. The molecule has 0 spiro atoms. The van der Waals surface area contributed by atoms with E-state index < -0.39 is 0 Å². The topological polar surface area (TPSA) is 32.7 Å². The van der Waals surface area contributed by atoms with Crippen molar-refractivity contribution in [2.45, 2.75) is 31.7 Å². The Hall–Kier alpha value is -1.13. The second kappa shape index (κ2) is 6.35. The van der Waals surface area contributed by atoms with Gasteiger partial charge in [0, 0.05) is 12.1 Å². The van der Waals surface area contributed by atoms with Crippen molar-refractivity contribution >= 4 is 0 Å². The van der Waals surface area contributed by atoms with E-state index in [9.17, 15) is 9.50 Å². The number of nitrogens with zero attached hydrogens (tertiary/aromatic N) is 1. The van der Waals surface area contributed by atoms with Gasteiger partial charge in [0.25, 0.3) is 0 Å². The molecule has 0 radical (unpaired) electrons. The standard InChI is InChI=1S/C15H22FNO2/c1-15(12-18)8-4-5-9-17(15)10-11-19-14-7-3-2-6-13(14)16/h2-3,6-7,18H,4-5,8-12H2,1H3. The lowest BCUT2D eigenvalue weighted by atomic mass is 9.89. The molecule has 4 heteroatoms. The number of halogens is 1. The number of piperidine rings is 1. The van der Waals surface area contributed by atoms with Crippen LogP contribution in [0, 0.1) is 5.82 Å². The smallest absolute Gasteiger partial charge is 0.165 e. The fourth-order valence-corrected chi connectivity index (χ4v) is 2.62. The summed E-state index contributed by atoms with van der Waals surface area (Å²) in [5.41, 5.74) is -0.156. The largest absolute Gasteiger partial charge is 0.489 e. The van der Waals surface area contributed by atoms with Crippen LogP contribution in [-0.2, 0) is 0 Å². The molecule has 1 heterocycles. The van der Waals surface area contributed by atoms with E-state index in [0.29, 0.717) is 18.9 Å².